The van der Waals surface area contributed by atoms with E-state index in [1.165, 1.54) is 11.3 Å². The van der Waals surface area contributed by atoms with Crippen LogP contribution in [0.1, 0.15) is 43.3 Å². The number of carbonyl (C=O) groups is 2. The zero-order valence-corrected chi connectivity index (χ0v) is 13.4. The van der Waals surface area contributed by atoms with Gasteiger partial charge >= 0.3 is 12.1 Å². The maximum absolute atomic E-state index is 11.9. The molecule has 1 amide bonds. The van der Waals surface area contributed by atoms with Crippen LogP contribution in [0.2, 0.25) is 0 Å². The number of likely N-dealkylation sites (tertiary alicyclic amines) is 1. The van der Waals surface area contributed by atoms with Gasteiger partial charge in [-0.15, -0.1) is 11.3 Å². The van der Waals surface area contributed by atoms with Gasteiger partial charge in [0.05, 0.1) is 0 Å². The molecule has 0 spiro atoms. The van der Waals surface area contributed by atoms with Crippen LogP contribution in [0.15, 0.2) is 17.5 Å². The molecular formula is C15H21NO4S. The third-order valence-electron chi connectivity index (χ3n) is 3.09. The second-order valence-electron chi connectivity index (χ2n) is 6.05. The molecule has 1 aromatic rings. The number of thiophene rings is 1. The van der Waals surface area contributed by atoms with E-state index in [-0.39, 0.29) is 18.2 Å². The predicted molar refractivity (Wildman–Crippen MR) is 80.6 cm³/mol. The van der Waals surface area contributed by atoms with Crippen molar-refractivity contribution in [3.63, 3.8) is 0 Å². The SMILES string of the molecule is CC(C)(C)OC(=O)N1CCC(OC(=O)c2cccs2)CC1. The Kier molecular flexibility index (Phi) is 4.88. The number of nitrogens with zero attached hydrogens (tertiary/aromatic N) is 1. The van der Waals surface area contributed by atoms with Crippen LogP contribution in [0.5, 0.6) is 0 Å². The minimum Gasteiger partial charge on any atom is -0.458 e. The van der Waals surface area contributed by atoms with Crippen molar-refractivity contribution >= 4 is 23.4 Å². The van der Waals surface area contributed by atoms with E-state index in [0.29, 0.717) is 30.8 Å². The smallest absolute Gasteiger partial charge is 0.410 e. The van der Waals surface area contributed by atoms with Crippen molar-refractivity contribution in [2.45, 2.75) is 45.3 Å². The normalized spacial score (nSPS) is 16.6. The maximum Gasteiger partial charge on any atom is 0.410 e. The molecule has 0 unspecified atom stereocenters. The van der Waals surface area contributed by atoms with Gasteiger partial charge < -0.3 is 14.4 Å². The van der Waals surface area contributed by atoms with Crippen LogP contribution in [0, 0.1) is 0 Å². The largest absolute Gasteiger partial charge is 0.458 e. The Morgan fingerprint density at radius 2 is 1.95 bits per heavy atom. The average molecular weight is 311 g/mol. The molecule has 0 aliphatic carbocycles. The first-order chi connectivity index (χ1) is 9.85. The third-order valence-corrected chi connectivity index (χ3v) is 3.94. The highest BCUT2D eigenvalue weighted by Gasteiger charge is 2.28. The summed E-state index contributed by atoms with van der Waals surface area (Å²) in [7, 11) is 0. The second-order valence-corrected chi connectivity index (χ2v) is 7.00. The number of rotatable bonds is 2. The molecular weight excluding hydrogens is 290 g/mol. The lowest BCUT2D eigenvalue weighted by Gasteiger charge is -2.33. The molecule has 1 aromatic heterocycles. The molecule has 2 rings (SSSR count). The zero-order valence-electron chi connectivity index (χ0n) is 12.6. The lowest BCUT2D eigenvalue weighted by Crippen LogP contribution is -2.43. The molecule has 0 radical (unpaired) electrons. The van der Waals surface area contributed by atoms with Crippen molar-refractivity contribution in [1.82, 2.24) is 4.90 Å². The van der Waals surface area contributed by atoms with Gasteiger partial charge in [0.25, 0.3) is 0 Å². The van der Waals surface area contributed by atoms with E-state index in [4.69, 9.17) is 9.47 Å². The fourth-order valence-corrected chi connectivity index (χ4v) is 2.69. The Hall–Kier alpha value is -1.56. The maximum atomic E-state index is 11.9. The summed E-state index contributed by atoms with van der Waals surface area (Å²) in [6, 6.07) is 3.58. The summed E-state index contributed by atoms with van der Waals surface area (Å²) < 4.78 is 10.8. The van der Waals surface area contributed by atoms with E-state index in [1.54, 1.807) is 11.0 Å². The van der Waals surface area contributed by atoms with E-state index in [0.717, 1.165) is 0 Å². The lowest BCUT2D eigenvalue weighted by atomic mass is 10.1. The molecule has 2 heterocycles. The van der Waals surface area contributed by atoms with Gasteiger partial charge in [0.2, 0.25) is 0 Å². The molecule has 6 heteroatoms. The lowest BCUT2D eigenvalue weighted by molar-refractivity contribution is -0.00313. The van der Waals surface area contributed by atoms with Crippen molar-refractivity contribution in [2.75, 3.05) is 13.1 Å². The Morgan fingerprint density at radius 1 is 1.29 bits per heavy atom. The molecule has 0 bridgehead atoms. The van der Waals surface area contributed by atoms with E-state index in [9.17, 15) is 9.59 Å². The van der Waals surface area contributed by atoms with Gasteiger partial charge in [0, 0.05) is 25.9 Å². The molecule has 116 valence electrons. The minimum atomic E-state index is -0.487. The Morgan fingerprint density at radius 3 is 2.48 bits per heavy atom. The molecule has 1 aliphatic heterocycles. The summed E-state index contributed by atoms with van der Waals surface area (Å²) in [5, 5.41) is 1.85. The first-order valence-corrected chi connectivity index (χ1v) is 7.95. The Balaban J connectivity index is 1.78. The molecule has 21 heavy (non-hydrogen) atoms. The topological polar surface area (TPSA) is 55.8 Å². The number of hydrogen-bond donors (Lipinski definition) is 0. The number of piperidine rings is 1. The van der Waals surface area contributed by atoms with Gasteiger partial charge in [0.15, 0.2) is 0 Å². The first kappa shape index (κ1) is 15.8. The van der Waals surface area contributed by atoms with Crippen LogP contribution in [0.3, 0.4) is 0 Å². The van der Waals surface area contributed by atoms with Gasteiger partial charge in [-0.25, -0.2) is 9.59 Å². The summed E-state index contributed by atoms with van der Waals surface area (Å²) in [6.45, 7) is 6.65. The first-order valence-electron chi connectivity index (χ1n) is 7.07. The van der Waals surface area contributed by atoms with Crippen LogP contribution < -0.4 is 0 Å². The monoisotopic (exact) mass is 311 g/mol. The summed E-state index contributed by atoms with van der Waals surface area (Å²) in [5.74, 6) is -0.277. The highest BCUT2D eigenvalue weighted by molar-refractivity contribution is 7.11. The number of carbonyl (C=O) groups excluding carboxylic acids is 2. The van der Waals surface area contributed by atoms with Crippen LogP contribution in [-0.4, -0.2) is 41.8 Å². The van der Waals surface area contributed by atoms with Gasteiger partial charge in [-0.05, 0) is 32.2 Å². The molecule has 0 N–H and O–H groups in total. The van der Waals surface area contributed by atoms with Gasteiger partial charge in [0.1, 0.15) is 16.6 Å². The Bertz CT molecular complexity index is 484. The van der Waals surface area contributed by atoms with Crippen molar-refractivity contribution in [3.05, 3.63) is 22.4 Å². The number of amides is 1. The summed E-state index contributed by atoms with van der Waals surface area (Å²) in [6.07, 6.45) is 0.871. The quantitative estimate of drug-likeness (QED) is 0.786. The van der Waals surface area contributed by atoms with Gasteiger partial charge in [-0.2, -0.15) is 0 Å². The number of hydrogen-bond acceptors (Lipinski definition) is 5. The van der Waals surface area contributed by atoms with Crippen molar-refractivity contribution in [2.24, 2.45) is 0 Å². The third kappa shape index (κ3) is 4.74. The van der Waals surface area contributed by atoms with E-state index in [1.807, 2.05) is 32.2 Å². The standard InChI is InChI=1S/C15H21NO4S/c1-15(2,3)20-14(18)16-8-6-11(7-9-16)19-13(17)12-5-4-10-21-12/h4-5,10-11H,6-9H2,1-3H3. The van der Waals surface area contributed by atoms with Crippen LogP contribution >= 0.6 is 11.3 Å². The molecule has 1 aliphatic rings. The van der Waals surface area contributed by atoms with Crippen LogP contribution in [-0.2, 0) is 9.47 Å². The molecule has 1 fully saturated rings. The van der Waals surface area contributed by atoms with Crippen molar-refractivity contribution < 1.29 is 19.1 Å². The van der Waals surface area contributed by atoms with Crippen molar-refractivity contribution in [3.8, 4) is 0 Å². The average Bonchev–Trinajstić information content (AvgIpc) is 2.91. The van der Waals surface area contributed by atoms with Gasteiger partial charge in [-0.3, -0.25) is 0 Å². The molecule has 0 saturated carbocycles. The van der Waals surface area contributed by atoms with Crippen molar-refractivity contribution in [1.29, 1.82) is 0 Å². The van der Waals surface area contributed by atoms with Crippen LogP contribution in [0.25, 0.3) is 0 Å². The van der Waals surface area contributed by atoms with Crippen LogP contribution in [0.4, 0.5) is 4.79 Å². The van der Waals surface area contributed by atoms with E-state index < -0.39 is 5.60 Å². The molecule has 0 aromatic carbocycles. The van der Waals surface area contributed by atoms with E-state index in [2.05, 4.69) is 0 Å². The highest BCUT2D eigenvalue weighted by atomic mass is 32.1. The van der Waals surface area contributed by atoms with Gasteiger partial charge in [-0.1, -0.05) is 6.07 Å². The zero-order chi connectivity index (χ0) is 15.5. The fraction of sp³-hybridized carbons (Fsp3) is 0.600. The minimum absolute atomic E-state index is 0.127. The summed E-state index contributed by atoms with van der Waals surface area (Å²) in [4.78, 5) is 26.1. The molecule has 1 saturated heterocycles. The summed E-state index contributed by atoms with van der Waals surface area (Å²) >= 11 is 1.37. The number of esters is 1. The summed E-state index contributed by atoms with van der Waals surface area (Å²) in [5.41, 5.74) is -0.487. The van der Waals surface area contributed by atoms with E-state index >= 15 is 0 Å². The molecule has 5 nitrogen and oxygen atoms in total. The second kappa shape index (κ2) is 6.47. The number of ether oxygens (including phenoxy) is 2. The predicted octanol–water partition coefficient (Wildman–Crippen LogP) is 3.30. The Labute approximate surface area is 128 Å². The molecule has 0 atom stereocenters. The highest BCUT2D eigenvalue weighted by Crippen LogP contribution is 2.19. The fourth-order valence-electron chi connectivity index (χ4n) is 2.09.